The summed E-state index contributed by atoms with van der Waals surface area (Å²) in [6.45, 7) is 1.22. The van der Waals surface area contributed by atoms with Gasteiger partial charge in [-0.1, -0.05) is 0 Å². The van der Waals surface area contributed by atoms with Crippen LogP contribution in [0, 0.1) is 0 Å². The van der Waals surface area contributed by atoms with Gasteiger partial charge in [-0.15, -0.1) is 0 Å². The van der Waals surface area contributed by atoms with Crippen LogP contribution in [0.3, 0.4) is 0 Å². The van der Waals surface area contributed by atoms with Crippen molar-refractivity contribution in [1.29, 1.82) is 0 Å². The van der Waals surface area contributed by atoms with E-state index in [2.05, 4.69) is 17.0 Å². The maximum atomic E-state index is 13.3. The van der Waals surface area contributed by atoms with Gasteiger partial charge >= 0.3 is 188 Å². The molecule has 0 fully saturated rings. The Balaban J connectivity index is 1.50. The van der Waals surface area contributed by atoms with Gasteiger partial charge in [0, 0.05) is 0 Å². The summed E-state index contributed by atoms with van der Waals surface area (Å²) >= 11 is -0.0132. The van der Waals surface area contributed by atoms with Gasteiger partial charge in [0.1, 0.15) is 0 Å². The molecule has 5 nitrogen and oxygen atoms in total. The molecule has 31 heavy (non-hydrogen) atoms. The molecule has 6 heteroatoms. The van der Waals surface area contributed by atoms with Gasteiger partial charge in [-0.2, -0.15) is 0 Å². The van der Waals surface area contributed by atoms with Crippen LogP contribution in [0.5, 0.6) is 5.75 Å². The predicted molar refractivity (Wildman–Crippen MR) is 124 cm³/mol. The number of fused-ring (bicyclic) bond motifs is 1. The molecule has 154 valence electrons. The first-order valence-corrected chi connectivity index (χ1v) is 11.8. The Kier molecular flexibility index (Phi) is 5.33. The van der Waals surface area contributed by atoms with Crippen molar-refractivity contribution in [2.24, 2.45) is 4.99 Å². The van der Waals surface area contributed by atoms with Crippen LogP contribution in [0.2, 0.25) is 0 Å². The Hall–Kier alpha value is -3.34. The summed E-state index contributed by atoms with van der Waals surface area (Å²) in [5.41, 5.74) is 2.76. The van der Waals surface area contributed by atoms with E-state index >= 15 is 0 Å². The Morgan fingerprint density at radius 1 is 0.903 bits per heavy atom. The molecule has 0 atom stereocenters. The average Bonchev–Trinajstić information content (AvgIpc) is 3.12. The van der Waals surface area contributed by atoms with Crippen LogP contribution in [0.1, 0.15) is 5.56 Å². The summed E-state index contributed by atoms with van der Waals surface area (Å²) < 4.78 is 2.30. The van der Waals surface area contributed by atoms with Crippen LogP contribution >= 0.6 is 0 Å². The molecule has 3 aromatic carbocycles. The molecule has 0 spiro atoms. The van der Waals surface area contributed by atoms with Crippen LogP contribution in [0.4, 0.5) is 5.69 Å². The number of carbonyl (C=O) groups is 1. The van der Waals surface area contributed by atoms with Crippen LogP contribution < -0.4 is 9.36 Å². The van der Waals surface area contributed by atoms with E-state index in [0.29, 0.717) is 18.8 Å². The molecule has 0 radical (unpaired) electrons. The molecule has 0 saturated heterocycles. The number of benzene rings is 3. The molecule has 2 aliphatic heterocycles. The summed E-state index contributed by atoms with van der Waals surface area (Å²) in [4.78, 5) is 22.1. The third kappa shape index (κ3) is 4.13. The molecule has 1 amide bonds. The minimum atomic E-state index is -0.0153. The number of hydrogen-bond acceptors (Lipinski definition) is 4. The number of phenolic OH excluding ortho intramolecular Hbond substituents is 1. The number of aliphatic imine (C=N–C) groups is 1. The van der Waals surface area contributed by atoms with Crippen molar-refractivity contribution in [1.82, 2.24) is 4.90 Å². The van der Waals surface area contributed by atoms with E-state index in [0.717, 1.165) is 32.5 Å². The Morgan fingerprint density at radius 3 is 2.29 bits per heavy atom. The molecule has 0 bridgehead atoms. The summed E-state index contributed by atoms with van der Waals surface area (Å²) in [6, 6.07) is 27.5. The van der Waals surface area contributed by atoms with E-state index in [1.807, 2.05) is 65.6 Å². The van der Waals surface area contributed by atoms with Gasteiger partial charge < -0.3 is 0 Å². The van der Waals surface area contributed by atoms with E-state index < -0.39 is 0 Å². The first-order valence-electron chi connectivity index (χ1n) is 10.1. The summed E-state index contributed by atoms with van der Waals surface area (Å²) in [5.74, 6) is 1.04. The molecule has 2 aliphatic rings. The van der Waals surface area contributed by atoms with Gasteiger partial charge in [0.2, 0.25) is 0 Å². The van der Waals surface area contributed by atoms with Gasteiger partial charge in [0.15, 0.2) is 0 Å². The molecular formula is C25H21N3O2Se. The number of para-hydroxylation sites is 1. The first-order chi connectivity index (χ1) is 15.2. The zero-order valence-corrected chi connectivity index (χ0v) is 18.5. The Morgan fingerprint density at radius 2 is 1.58 bits per heavy atom. The third-order valence-electron chi connectivity index (χ3n) is 5.30. The monoisotopic (exact) mass is 475 g/mol. The molecule has 0 unspecified atom stereocenters. The number of nitrogens with zero attached hydrogens (tertiary/aromatic N) is 3. The number of carbonyl (C=O) groups excluding carboxylic acids is 1. The fourth-order valence-electron chi connectivity index (χ4n) is 3.75. The number of amides is 1. The van der Waals surface area contributed by atoms with E-state index in [9.17, 15) is 9.90 Å². The van der Waals surface area contributed by atoms with Crippen LogP contribution in [0.25, 0.3) is 0 Å². The van der Waals surface area contributed by atoms with Crippen molar-refractivity contribution >= 4 is 36.7 Å². The van der Waals surface area contributed by atoms with Crippen LogP contribution in [-0.4, -0.2) is 49.8 Å². The standard InChI is InChI=1S/C25H21N3O2Se/c29-20-11-13-21(14-12-20)31-23-16-27(19-9-5-2-6-10-19)17-28-24(23)26-22(25(28)30)15-18-7-3-1-4-8-18/h1-14,29H,15-17H2. The summed E-state index contributed by atoms with van der Waals surface area (Å²) in [5, 5.41) is 9.63. The quantitative estimate of drug-likeness (QED) is 0.579. The second-order valence-corrected chi connectivity index (χ2v) is 9.92. The second-order valence-electron chi connectivity index (χ2n) is 7.47. The summed E-state index contributed by atoms with van der Waals surface area (Å²) in [6.07, 6.45) is 0.532. The number of anilines is 1. The van der Waals surface area contributed by atoms with Gasteiger partial charge in [0.25, 0.3) is 0 Å². The molecule has 0 aromatic heterocycles. The maximum absolute atomic E-state index is 13.3. The third-order valence-corrected chi connectivity index (χ3v) is 7.53. The Labute approximate surface area is 187 Å². The topological polar surface area (TPSA) is 56.1 Å². The first kappa shape index (κ1) is 19.6. The normalized spacial score (nSPS) is 15.9. The fourth-order valence-corrected chi connectivity index (χ4v) is 5.90. The zero-order valence-electron chi connectivity index (χ0n) is 16.8. The molecule has 5 rings (SSSR count). The van der Waals surface area contributed by atoms with Gasteiger partial charge in [-0.05, 0) is 0 Å². The van der Waals surface area contributed by atoms with Crippen molar-refractivity contribution in [3.8, 4) is 5.75 Å². The molecular weight excluding hydrogens is 453 g/mol. The summed E-state index contributed by atoms with van der Waals surface area (Å²) in [7, 11) is 0. The van der Waals surface area contributed by atoms with Gasteiger partial charge in [0.05, 0.1) is 0 Å². The Bertz CT molecular complexity index is 1160. The van der Waals surface area contributed by atoms with Crippen molar-refractivity contribution in [2.45, 2.75) is 6.42 Å². The van der Waals surface area contributed by atoms with Crippen molar-refractivity contribution in [2.75, 3.05) is 18.1 Å². The SMILES string of the molecule is O=C1C(Cc2ccccc2)=NC2=C([Se]c3ccc(O)cc3)CN(c3ccccc3)CN12. The van der Waals surface area contributed by atoms with Crippen molar-refractivity contribution in [3.63, 3.8) is 0 Å². The van der Waals surface area contributed by atoms with E-state index in [-0.39, 0.29) is 26.6 Å². The second kappa shape index (κ2) is 8.42. The number of rotatable bonds is 5. The van der Waals surface area contributed by atoms with E-state index in [1.165, 1.54) is 0 Å². The molecule has 3 aromatic rings. The average molecular weight is 474 g/mol. The van der Waals surface area contributed by atoms with Gasteiger partial charge in [-0.25, -0.2) is 0 Å². The van der Waals surface area contributed by atoms with E-state index in [4.69, 9.17) is 4.99 Å². The van der Waals surface area contributed by atoms with Crippen molar-refractivity contribution in [3.05, 3.63) is 101 Å². The molecule has 1 N–H and O–H groups in total. The number of aromatic hydroxyl groups is 1. The van der Waals surface area contributed by atoms with E-state index in [1.54, 1.807) is 12.1 Å². The van der Waals surface area contributed by atoms with Crippen LogP contribution in [0.15, 0.2) is 100 Å². The molecule has 2 heterocycles. The number of hydrogen-bond donors (Lipinski definition) is 1. The predicted octanol–water partition coefficient (Wildman–Crippen LogP) is 2.89. The van der Waals surface area contributed by atoms with Crippen molar-refractivity contribution < 1.29 is 9.90 Å². The fraction of sp³-hybridized carbons (Fsp3) is 0.120. The molecule has 0 saturated carbocycles. The number of phenols is 1. The molecule has 0 aliphatic carbocycles. The van der Waals surface area contributed by atoms with Gasteiger partial charge in [-0.3, -0.25) is 0 Å². The minimum absolute atomic E-state index is 0.0132. The zero-order chi connectivity index (χ0) is 21.2. The van der Waals surface area contributed by atoms with Crippen LogP contribution in [-0.2, 0) is 11.2 Å².